The lowest BCUT2D eigenvalue weighted by Crippen LogP contribution is -2.15. The summed E-state index contributed by atoms with van der Waals surface area (Å²) in [5, 5.41) is 3.40. The van der Waals surface area contributed by atoms with E-state index in [9.17, 15) is 4.79 Å². The standard InChI is InChI=1S/C19H21ClN2O3/c1-22(2)17-9-7-14(20)11-16(17)21-19(23)10-6-13-5-8-15(24-3)12-18(13)25-4/h5-12H,1-4H3,(H,21,23). The van der Waals surface area contributed by atoms with Crippen LogP contribution in [0.5, 0.6) is 11.5 Å². The molecule has 0 atom stereocenters. The van der Waals surface area contributed by atoms with E-state index in [1.54, 1.807) is 44.6 Å². The number of hydrogen-bond acceptors (Lipinski definition) is 4. The van der Waals surface area contributed by atoms with Crippen LogP contribution in [0.25, 0.3) is 6.08 Å². The Morgan fingerprint density at radius 1 is 1.12 bits per heavy atom. The molecule has 2 rings (SSSR count). The van der Waals surface area contributed by atoms with Gasteiger partial charge in [-0.05, 0) is 36.4 Å². The number of methoxy groups -OCH3 is 2. The Kier molecular flexibility index (Phi) is 6.31. The van der Waals surface area contributed by atoms with Crippen molar-refractivity contribution in [3.63, 3.8) is 0 Å². The number of amides is 1. The fourth-order valence-corrected chi connectivity index (χ4v) is 2.47. The van der Waals surface area contributed by atoms with Crippen molar-refractivity contribution in [2.24, 2.45) is 0 Å². The molecule has 6 heteroatoms. The predicted octanol–water partition coefficient (Wildman–Crippen LogP) is 4.08. The lowest BCUT2D eigenvalue weighted by Gasteiger charge is -2.17. The number of nitrogens with one attached hydrogen (secondary N) is 1. The third kappa shape index (κ3) is 4.90. The molecule has 0 fully saturated rings. The second-order valence-electron chi connectivity index (χ2n) is 5.49. The van der Waals surface area contributed by atoms with Crippen molar-refractivity contribution in [3.05, 3.63) is 53.1 Å². The molecule has 1 amide bonds. The van der Waals surface area contributed by atoms with E-state index in [4.69, 9.17) is 21.1 Å². The molecule has 25 heavy (non-hydrogen) atoms. The van der Waals surface area contributed by atoms with E-state index in [2.05, 4.69) is 5.32 Å². The summed E-state index contributed by atoms with van der Waals surface area (Å²) in [7, 11) is 6.96. The number of benzene rings is 2. The number of carbonyl (C=O) groups excluding carboxylic acids is 1. The molecule has 5 nitrogen and oxygen atoms in total. The van der Waals surface area contributed by atoms with Gasteiger partial charge in [-0.15, -0.1) is 0 Å². The second-order valence-corrected chi connectivity index (χ2v) is 5.92. The van der Waals surface area contributed by atoms with Gasteiger partial charge in [-0.1, -0.05) is 11.6 Å². The molecule has 0 saturated carbocycles. The zero-order chi connectivity index (χ0) is 18.4. The monoisotopic (exact) mass is 360 g/mol. The van der Waals surface area contributed by atoms with Crippen molar-refractivity contribution in [1.82, 2.24) is 0 Å². The third-order valence-electron chi connectivity index (χ3n) is 3.55. The number of nitrogens with zero attached hydrogens (tertiary/aromatic N) is 1. The Hall–Kier alpha value is -2.66. The Labute approximate surface area is 152 Å². The largest absolute Gasteiger partial charge is 0.497 e. The highest BCUT2D eigenvalue weighted by molar-refractivity contribution is 6.31. The molecule has 0 aliphatic rings. The van der Waals surface area contributed by atoms with Gasteiger partial charge in [-0.3, -0.25) is 4.79 Å². The van der Waals surface area contributed by atoms with Crippen molar-refractivity contribution in [2.75, 3.05) is 38.5 Å². The molecule has 2 aromatic carbocycles. The normalized spacial score (nSPS) is 10.6. The molecular weight excluding hydrogens is 340 g/mol. The van der Waals surface area contributed by atoms with E-state index in [1.165, 1.54) is 6.08 Å². The lowest BCUT2D eigenvalue weighted by atomic mass is 10.1. The molecule has 0 saturated heterocycles. The van der Waals surface area contributed by atoms with Gasteiger partial charge in [0.1, 0.15) is 11.5 Å². The quantitative estimate of drug-likeness (QED) is 0.789. The highest BCUT2D eigenvalue weighted by atomic mass is 35.5. The maximum Gasteiger partial charge on any atom is 0.248 e. The second kappa shape index (κ2) is 8.44. The Morgan fingerprint density at radius 3 is 2.52 bits per heavy atom. The molecule has 0 bridgehead atoms. The average molecular weight is 361 g/mol. The molecule has 2 aromatic rings. The Balaban J connectivity index is 2.18. The minimum Gasteiger partial charge on any atom is -0.497 e. The van der Waals surface area contributed by atoms with E-state index in [0.717, 1.165) is 11.3 Å². The van der Waals surface area contributed by atoms with Crippen molar-refractivity contribution < 1.29 is 14.3 Å². The fourth-order valence-electron chi connectivity index (χ4n) is 2.29. The first-order valence-electron chi connectivity index (χ1n) is 7.62. The molecule has 0 unspecified atom stereocenters. The Bertz CT molecular complexity index is 788. The Morgan fingerprint density at radius 2 is 1.88 bits per heavy atom. The molecule has 1 N–H and O–H groups in total. The predicted molar refractivity (Wildman–Crippen MR) is 103 cm³/mol. The van der Waals surface area contributed by atoms with Crippen LogP contribution in [0.1, 0.15) is 5.56 Å². The van der Waals surface area contributed by atoms with Crippen molar-refractivity contribution in [1.29, 1.82) is 0 Å². The summed E-state index contributed by atoms with van der Waals surface area (Å²) < 4.78 is 10.5. The SMILES string of the molecule is COc1ccc(C=CC(=O)Nc2cc(Cl)ccc2N(C)C)c(OC)c1. The molecular formula is C19H21ClN2O3. The van der Waals surface area contributed by atoms with Crippen molar-refractivity contribution in [3.8, 4) is 11.5 Å². The summed E-state index contributed by atoms with van der Waals surface area (Å²) in [5.74, 6) is 1.05. The number of hydrogen-bond donors (Lipinski definition) is 1. The maximum atomic E-state index is 12.3. The van der Waals surface area contributed by atoms with Gasteiger partial charge in [0.05, 0.1) is 25.6 Å². The van der Waals surface area contributed by atoms with Gasteiger partial charge in [0.2, 0.25) is 5.91 Å². The first kappa shape index (κ1) is 18.7. The van der Waals surface area contributed by atoms with Gasteiger partial charge in [0.25, 0.3) is 0 Å². The number of ether oxygens (including phenoxy) is 2. The van der Waals surface area contributed by atoms with Crippen LogP contribution >= 0.6 is 11.6 Å². The molecule has 0 aliphatic heterocycles. The molecule has 0 spiro atoms. The van der Waals surface area contributed by atoms with Crippen LogP contribution in [0.2, 0.25) is 5.02 Å². The number of halogens is 1. The van der Waals surface area contributed by atoms with Crippen molar-refractivity contribution >= 4 is 35.0 Å². The van der Waals surface area contributed by atoms with Crippen LogP contribution in [0.4, 0.5) is 11.4 Å². The highest BCUT2D eigenvalue weighted by Crippen LogP contribution is 2.28. The van der Waals surface area contributed by atoms with Crippen molar-refractivity contribution in [2.45, 2.75) is 0 Å². The number of anilines is 2. The minimum absolute atomic E-state index is 0.261. The summed E-state index contributed by atoms with van der Waals surface area (Å²) in [6, 6.07) is 10.8. The van der Waals surface area contributed by atoms with E-state index in [0.29, 0.717) is 22.2 Å². The summed E-state index contributed by atoms with van der Waals surface area (Å²) in [6.07, 6.45) is 3.14. The summed E-state index contributed by atoms with van der Waals surface area (Å²) in [4.78, 5) is 14.2. The first-order chi connectivity index (χ1) is 11.9. The van der Waals surface area contributed by atoms with Gasteiger partial charge >= 0.3 is 0 Å². The zero-order valence-electron chi connectivity index (χ0n) is 14.7. The van der Waals surface area contributed by atoms with Crippen LogP contribution < -0.4 is 19.7 Å². The molecule has 0 radical (unpaired) electrons. The van der Waals surface area contributed by atoms with Crippen LogP contribution in [-0.2, 0) is 4.79 Å². The van der Waals surface area contributed by atoms with Gasteiger partial charge in [0.15, 0.2) is 0 Å². The molecule has 0 heterocycles. The number of rotatable bonds is 6. The van der Waals surface area contributed by atoms with Crippen LogP contribution in [-0.4, -0.2) is 34.2 Å². The van der Waals surface area contributed by atoms with Gasteiger partial charge in [-0.2, -0.15) is 0 Å². The van der Waals surface area contributed by atoms with Crippen LogP contribution in [0, 0.1) is 0 Å². The molecule has 0 aromatic heterocycles. The van der Waals surface area contributed by atoms with E-state index in [1.807, 2.05) is 31.1 Å². The molecule has 132 valence electrons. The van der Waals surface area contributed by atoms with Gasteiger partial charge in [0, 0.05) is 36.8 Å². The van der Waals surface area contributed by atoms with E-state index >= 15 is 0 Å². The highest BCUT2D eigenvalue weighted by Gasteiger charge is 2.08. The van der Waals surface area contributed by atoms with Gasteiger partial charge in [-0.25, -0.2) is 0 Å². The third-order valence-corrected chi connectivity index (χ3v) is 3.79. The topological polar surface area (TPSA) is 50.8 Å². The van der Waals surface area contributed by atoms with Crippen LogP contribution in [0.3, 0.4) is 0 Å². The van der Waals surface area contributed by atoms with E-state index in [-0.39, 0.29) is 5.91 Å². The number of carbonyl (C=O) groups is 1. The lowest BCUT2D eigenvalue weighted by molar-refractivity contribution is -0.111. The minimum atomic E-state index is -0.261. The maximum absolute atomic E-state index is 12.3. The summed E-state index contributed by atoms with van der Waals surface area (Å²) >= 11 is 6.03. The molecule has 0 aliphatic carbocycles. The first-order valence-corrected chi connectivity index (χ1v) is 8.00. The summed E-state index contributed by atoms with van der Waals surface area (Å²) in [6.45, 7) is 0. The fraction of sp³-hybridized carbons (Fsp3) is 0.211. The van der Waals surface area contributed by atoms with Crippen LogP contribution in [0.15, 0.2) is 42.5 Å². The zero-order valence-corrected chi connectivity index (χ0v) is 15.4. The summed E-state index contributed by atoms with van der Waals surface area (Å²) in [5.41, 5.74) is 2.29. The van der Waals surface area contributed by atoms with E-state index < -0.39 is 0 Å². The smallest absolute Gasteiger partial charge is 0.248 e. The van der Waals surface area contributed by atoms with Gasteiger partial charge < -0.3 is 19.7 Å². The average Bonchev–Trinajstić information content (AvgIpc) is 2.59.